The zero-order valence-corrected chi connectivity index (χ0v) is 14.0. The van der Waals surface area contributed by atoms with Crippen molar-refractivity contribution in [3.05, 3.63) is 34.2 Å². The van der Waals surface area contributed by atoms with E-state index < -0.39 is 22.9 Å². The van der Waals surface area contributed by atoms with E-state index >= 15 is 0 Å². The van der Waals surface area contributed by atoms with Crippen molar-refractivity contribution in [2.45, 2.75) is 56.8 Å². The van der Waals surface area contributed by atoms with Gasteiger partial charge in [-0.1, -0.05) is 0 Å². The van der Waals surface area contributed by atoms with Crippen molar-refractivity contribution in [3.63, 3.8) is 0 Å². The summed E-state index contributed by atoms with van der Waals surface area (Å²) < 4.78 is 17.9. The molecule has 1 aliphatic carbocycles. The van der Waals surface area contributed by atoms with Gasteiger partial charge in [0.25, 0.3) is 0 Å². The van der Waals surface area contributed by atoms with Crippen LogP contribution in [0.3, 0.4) is 0 Å². The van der Waals surface area contributed by atoms with Gasteiger partial charge in [-0.05, 0) is 39.7 Å². The summed E-state index contributed by atoms with van der Waals surface area (Å²) in [6.07, 6.45) is 1.15. The molecule has 0 amide bonds. The fraction of sp³-hybridized carbons (Fsp3) is 0.526. The van der Waals surface area contributed by atoms with E-state index in [1.807, 2.05) is 6.92 Å². The molecule has 126 valence electrons. The molecule has 2 aromatic rings. The summed E-state index contributed by atoms with van der Waals surface area (Å²) in [4.78, 5) is 11.6. The number of fused-ring (bicyclic) bond motifs is 3. The van der Waals surface area contributed by atoms with E-state index in [4.69, 9.17) is 13.9 Å². The van der Waals surface area contributed by atoms with Gasteiger partial charge >= 0.3 is 5.63 Å². The molecule has 3 heterocycles. The monoisotopic (exact) mass is 328 g/mol. The van der Waals surface area contributed by atoms with Crippen LogP contribution in [0.5, 0.6) is 11.5 Å². The van der Waals surface area contributed by atoms with Crippen LogP contribution in [0.4, 0.5) is 0 Å². The Labute approximate surface area is 139 Å². The van der Waals surface area contributed by atoms with E-state index in [1.54, 1.807) is 12.1 Å². The maximum Gasteiger partial charge on any atom is 0.336 e. The normalized spacial score (nSPS) is 35.2. The van der Waals surface area contributed by atoms with E-state index in [-0.39, 0.29) is 11.8 Å². The first-order chi connectivity index (χ1) is 11.3. The Kier molecular flexibility index (Phi) is 2.48. The molecule has 0 radical (unpaired) electrons. The Bertz CT molecular complexity index is 927. The average Bonchev–Trinajstić information content (AvgIpc) is 2.47. The molecule has 1 fully saturated rings. The van der Waals surface area contributed by atoms with Gasteiger partial charge in [0.1, 0.15) is 34.4 Å². The van der Waals surface area contributed by atoms with Crippen molar-refractivity contribution in [2.24, 2.45) is 5.92 Å². The van der Waals surface area contributed by atoms with Gasteiger partial charge in [0.2, 0.25) is 0 Å². The summed E-state index contributed by atoms with van der Waals surface area (Å²) in [5.74, 6) is 1.55. The summed E-state index contributed by atoms with van der Waals surface area (Å²) in [5, 5.41) is 11.8. The maximum absolute atomic E-state index is 11.6. The van der Waals surface area contributed by atoms with Gasteiger partial charge in [0.15, 0.2) is 0 Å². The first-order valence-electron chi connectivity index (χ1n) is 8.47. The predicted molar refractivity (Wildman–Crippen MR) is 87.7 cm³/mol. The summed E-state index contributed by atoms with van der Waals surface area (Å²) in [6, 6.07) is 4.91. The Morgan fingerprint density at radius 1 is 1.21 bits per heavy atom. The van der Waals surface area contributed by atoms with Crippen molar-refractivity contribution < 1.29 is 19.0 Å². The molecule has 4 atom stereocenters. The van der Waals surface area contributed by atoms with Gasteiger partial charge in [0.05, 0.1) is 5.39 Å². The minimum Gasteiger partial charge on any atom is -0.487 e. The lowest BCUT2D eigenvalue weighted by Gasteiger charge is -2.57. The Balaban J connectivity index is 1.90. The molecule has 1 N–H and O–H groups in total. The summed E-state index contributed by atoms with van der Waals surface area (Å²) in [5.41, 5.74) is -0.0283. The topological polar surface area (TPSA) is 68.9 Å². The molecule has 0 unspecified atom stereocenters. The maximum atomic E-state index is 11.6. The number of aliphatic hydroxyl groups excluding tert-OH is 1. The largest absolute Gasteiger partial charge is 0.487 e. The molecule has 1 saturated carbocycles. The predicted octanol–water partition coefficient (Wildman–Crippen LogP) is 2.97. The second kappa shape index (κ2) is 4.14. The standard InChI is InChI=1S/C19H20O5/c1-18(2)10-6-7-19(3)17(21)14(10)15-12(23-18)8-11-9(16(15)24-19)4-5-13(20)22-11/h4-5,8,10,14,17,21H,6-7H2,1-3H3/t10-,14+,17-,19+/m0/s1. The number of rotatable bonds is 0. The average molecular weight is 328 g/mol. The Morgan fingerprint density at radius 2 is 2.00 bits per heavy atom. The molecule has 24 heavy (non-hydrogen) atoms. The number of ether oxygens (including phenoxy) is 2. The smallest absolute Gasteiger partial charge is 0.336 e. The molecule has 1 aromatic carbocycles. The quantitative estimate of drug-likeness (QED) is 0.753. The van der Waals surface area contributed by atoms with E-state index in [2.05, 4.69) is 13.8 Å². The highest BCUT2D eigenvalue weighted by molar-refractivity contribution is 5.88. The molecule has 1 aromatic heterocycles. The van der Waals surface area contributed by atoms with Crippen LogP contribution in [0.2, 0.25) is 0 Å². The van der Waals surface area contributed by atoms with Crippen LogP contribution in [-0.2, 0) is 0 Å². The molecule has 0 spiro atoms. The van der Waals surface area contributed by atoms with Gasteiger partial charge in [-0.2, -0.15) is 0 Å². The van der Waals surface area contributed by atoms with E-state index in [1.165, 1.54) is 6.07 Å². The molecule has 5 nitrogen and oxygen atoms in total. The third kappa shape index (κ3) is 1.61. The van der Waals surface area contributed by atoms with Crippen LogP contribution < -0.4 is 15.1 Å². The lowest BCUT2D eigenvalue weighted by Crippen LogP contribution is -2.61. The Morgan fingerprint density at radius 3 is 2.79 bits per heavy atom. The second-order valence-corrected chi connectivity index (χ2v) is 8.02. The summed E-state index contributed by atoms with van der Waals surface area (Å²) in [7, 11) is 0. The van der Waals surface area contributed by atoms with Crippen LogP contribution >= 0.6 is 0 Å². The van der Waals surface area contributed by atoms with Crippen LogP contribution in [0.25, 0.3) is 11.0 Å². The lowest BCUT2D eigenvalue weighted by atomic mass is 9.60. The van der Waals surface area contributed by atoms with Crippen molar-refractivity contribution in [1.29, 1.82) is 0 Å². The zero-order valence-electron chi connectivity index (χ0n) is 14.0. The highest BCUT2D eigenvalue weighted by Gasteiger charge is 2.59. The van der Waals surface area contributed by atoms with Gasteiger partial charge in [-0.15, -0.1) is 0 Å². The van der Waals surface area contributed by atoms with Crippen molar-refractivity contribution >= 4 is 11.0 Å². The highest BCUT2D eigenvalue weighted by Crippen LogP contribution is 2.61. The van der Waals surface area contributed by atoms with E-state index in [9.17, 15) is 9.90 Å². The molecule has 5 heteroatoms. The third-order valence-corrected chi connectivity index (χ3v) is 6.16. The van der Waals surface area contributed by atoms with E-state index in [0.29, 0.717) is 17.1 Å². The second-order valence-electron chi connectivity index (χ2n) is 8.02. The molecule has 3 aliphatic rings. The minimum absolute atomic E-state index is 0.0254. The first-order valence-corrected chi connectivity index (χ1v) is 8.47. The number of hydrogen-bond acceptors (Lipinski definition) is 5. The van der Waals surface area contributed by atoms with Crippen molar-refractivity contribution in [2.75, 3.05) is 0 Å². The fourth-order valence-electron chi connectivity index (χ4n) is 4.90. The lowest BCUT2D eigenvalue weighted by molar-refractivity contribution is -0.147. The number of benzene rings is 1. The molecule has 5 rings (SSSR count). The van der Waals surface area contributed by atoms with Crippen molar-refractivity contribution in [1.82, 2.24) is 0 Å². The fourth-order valence-corrected chi connectivity index (χ4v) is 4.90. The van der Waals surface area contributed by atoms with Gasteiger partial charge in [-0.3, -0.25) is 0 Å². The molecule has 2 bridgehead atoms. The van der Waals surface area contributed by atoms with Crippen LogP contribution in [0, 0.1) is 5.92 Å². The van der Waals surface area contributed by atoms with E-state index in [0.717, 1.165) is 23.8 Å². The van der Waals surface area contributed by atoms with Gasteiger partial charge in [-0.25, -0.2) is 4.79 Å². The molecular weight excluding hydrogens is 308 g/mol. The van der Waals surface area contributed by atoms with Crippen LogP contribution in [0.15, 0.2) is 27.4 Å². The third-order valence-electron chi connectivity index (χ3n) is 6.16. The summed E-state index contributed by atoms with van der Waals surface area (Å²) >= 11 is 0. The zero-order chi connectivity index (χ0) is 16.9. The molecule has 2 aliphatic heterocycles. The number of aliphatic hydroxyl groups is 1. The first kappa shape index (κ1) is 14.3. The molecule has 0 saturated heterocycles. The van der Waals surface area contributed by atoms with Crippen LogP contribution in [-0.4, -0.2) is 22.4 Å². The van der Waals surface area contributed by atoms with Gasteiger partial charge < -0.3 is 19.0 Å². The van der Waals surface area contributed by atoms with Gasteiger partial charge in [0, 0.05) is 29.5 Å². The summed E-state index contributed by atoms with van der Waals surface area (Å²) in [6.45, 7) is 6.10. The SMILES string of the molecule is CC1(C)Oc2cc3oc(=O)ccc3c3c2[C@H]2[C@@H]1CC[C@@](C)(O3)[C@H]2O. The van der Waals surface area contributed by atoms with Crippen LogP contribution in [0.1, 0.15) is 45.1 Å². The Hall–Kier alpha value is -2.01. The number of hydrogen-bond donors (Lipinski definition) is 1. The van der Waals surface area contributed by atoms with Crippen molar-refractivity contribution in [3.8, 4) is 11.5 Å². The minimum atomic E-state index is -0.622. The molecular formula is C19H20O5. The highest BCUT2D eigenvalue weighted by atomic mass is 16.5.